The van der Waals surface area contributed by atoms with Crippen LogP contribution < -0.4 is 14.4 Å². The molecule has 1 fully saturated rings. The summed E-state index contributed by atoms with van der Waals surface area (Å²) in [4.78, 5) is 17.1. The Kier molecular flexibility index (Phi) is 6.68. The van der Waals surface area contributed by atoms with E-state index < -0.39 is 6.10 Å². The summed E-state index contributed by atoms with van der Waals surface area (Å²) in [5.74, 6) is 1.57. The Bertz CT molecular complexity index is 819. The Morgan fingerprint density at radius 3 is 2.50 bits per heavy atom. The van der Waals surface area contributed by atoms with Crippen LogP contribution in [0.2, 0.25) is 5.02 Å². The number of carbonyl (C=O) groups excluding carboxylic acids is 1. The van der Waals surface area contributed by atoms with Gasteiger partial charge in [0, 0.05) is 31.2 Å². The number of aryl methyl sites for hydroxylation is 1. The van der Waals surface area contributed by atoms with Gasteiger partial charge in [-0.1, -0.05) is 30.7 Å². The Balaban J connectivity index is 1.62. The molecule has 1 unspecified atom stereocenters. The molecule has 150 valence electrons. The first-order valence-corrected chi connectivity index (χ1v) is 10.0. The van der Waals surface area contributed by atoms with Crippen LogP contribution in [0.3, 0.4) is 0 Å². The Hall–Kier alpha value is -2.40. The van der Waals surface area contributed by atoms with Gasteiger partial charge in [0.05, 0.1) is 12.8 Å². The molecular weight excluding hydrogens is 376 g/mol. The molecule has 1 heterocycles. The van der Waals surface area contributed by atoms with Crippen LogP contribution >= 0.6 is 11.6 Å². The summed E-state index contributed by atoms with van der Waals surface area (Å²) in [5.41, 5.74) is 2.00. The average Bonchev–Trinajstić information content (AvgIpc) is 2.74. The molecule has 6 heteroatoms. The van der Waals surface area contributed by atoms with E-state index in [1.54, 1.807) is 13.2 Å². The van der Waals surface area contributed by atoms with Crippen molar-refractivity contribution in [3.63, 3.8) is 0 Å². The van der Waals surface area contributed by atoms with Crippen molar-refractivity contribution in [2.75, 3.05) is 38.2 Å². The fourth-order valence-electron chi connectivity index (χ4n) is 3.43. The smallest absolute Gasteiger partial charge is 0.263 e. The highest BCUT2D eigenvalue weighted by molar-refractivity contribution is 6.31. The number of ether oxygens (including phenoxy) is 2. The standard InChI is InChI=1S/C22H27ClN2O3/c1-4-20(28-17-9-10-18(23)16(2)15-17)22(26)25-13-11-24(12-14-25)19-7-5-6-8-21(19)27-3/h5-10,15,20H,4,11-14H2,1-3H3. The second-order valence-electron chi connectivity index (χ2n) is 6.91. The van der Waals surface area contributed by atoms with E-state index in [2.05, 4.69) is 11.0 Å². The van der Waals surface area contributed by atoms with Crippen molar-refractivity contribution < 1.29 is 14.3 Å². The number of amides is 1. The number of para-hydroxylation sites is 2. The maximum absolute atomic E-state index is 13.0. The number of halogens is 1. The number of rotatable bonds is 6. The summed E-state index contributed by atoms with van der Waals surface area (Å²) in [5, 5.41) is 0.694. The number of piperazine rings is 1. The number of hydrogen-bond donors (Lipinski definition) is 0. The zero-order valence-corrected chi connectivity index (χ0v) is 17.4. The van der Waals surface area contributed by atoms with Crippen molar-refractivity contribution in [2.24, 2.45) is 0 Å². The first kappa shape index (κ1) is 20.3. The van der Waals surface area contributed by atoms with Crippen molar-refractivity contribution in [1.82, 2.24) is 4.90 Å². The summed E-state index contributed by atoms with van der Waals surface area (Å²) in [7, 11) is 1.68. The summed E-state index contributed by atoms with van der Waals surface area (Å²) in [6.07, 6.45) is 0.131. The van der Waals surface area contributed by atoms with Gasteiger partial charge in [0.1, 0.15) is 11.5 Å². The van der Waals surface area contributed by atoms with E-state index in [0.29, 0.717) is 30.3 Å². The van der Waals surface area contributed by atoms with E-state index in [4.69, 9.17) is 21.1 Å². The molecular formula is C22H27ClN2O3. The van der Waals surface area contributed by atoms with Gasteiger partial charge in [-0.15, -0.1) is 0 Å². The molecule has 0 bridgehead atoms. The molecule has 5 nitrogen and oxygen atoms in total. The highest BCUT2D eigenvalue weighted by Gasteiger charge is 2.28. The second-order valence-corrected chi connectivity index (χ2v) is 7.32. The first-order chi connectivity index (χ1) is 13.5. The van der Waals surface area contributed by atoms with Gasteiger partial charge >= 0.3 is 0 Å². The third-order valence-corrected chi connectivity index (χ3v) is 5.50. The largest absolute Gasteiger partial charge is 0.495 e. The number of carbonyl (C=O) groups is 1. The molecule has 2 aromatic carbocycles. The number of nitrogens with zero attached hydrogens (tertiary/aromatic N) is 2. The lowest BCUT2D eigenvalue weighted by atomic mass is 10.2. The van der Waals surface area contributed by atoms with Gasteiger partial charge in [0.25, 0.3) is 5.91 Å². The molecule has 1 saturated heterocycles. The molecule has 3 rings (SSSR count). The highest BCUT2D eigenvalue weighted by atomic mass is 35.5. The molecule has 1 atom stereocenters. The molecule has 1 aliphatic rings. The minimum atomic E-state index is -0.488. The lowest BCUT2D eigenvalue weighted by Gasteiger charge is -2.37. The molecule has 0 spiro atoms. The van der Waals surface area contributed by atoms with Crippen molar-refractivity contribution in [3.8, 4) is 11.5 Å². The van der Waals surface area contributed by atoms with Crippen LogP contribution in [0.25, 0.3) is 0 Å². The molecule has 0 aromatic heterocycles. The van der Waals surface area contributed by atoms with Crippen LogP contribution in [0.4, 0.5) is 5.69 Å². The van der Waals surface area contributed by atoms with Gasteiger partial charge in [0.2, 0.25) is 0 Å². The van der Waals surface area contributed by atoms with Gasteiger partial charge in [-0.25, -0.2) is 0 Å². The number of benzene rings is 2. The zero-order chi connectivity index (χ0) is 20.1. The summed E-state index contributed by atoms with van der Waals surface area (Å²) < 4.78 is 11.4. The molecule has 0 N–H and O–H groups in total. The van der Waals surface area contributed by atoms with Crippen molar-refractivity contribution in [1.29, 1.82) is 0 Å². The monoisotopic (exact) mass is 402 g/mol. The van der Waals surface area contributed by atoms with E-state index in [1.165, 1.54) is 0 Å². The van der Waals surface area contributed by atoms with Crippen LogP contribution in [0.1, 0.15) is 18.9 Å². The fourth-order valence-corrected chi connectivity index (χ4v) is 3.54. The molecule has 0 aliphatic carbocycles. The molecule has 1 aliphatic heterocycles. The summed E-state index contributed by atoms with van der Waals surface area (Å²) >= 11 is 6.08. The predicted molar refractivity (Wildman–Crippen MR) is 113 cm³/mol. The SMILES string of the molecule is CCC(Oc1ccc(Cl)c(C)c1)C(=O)N1CCN(c2ccccc2OC)CC1. The summed E-state index contributed by atoms with van der Waals surface area (Å²) in [6, 6.07) is 13.5. The summed E-state index contributed by atoms with van der Waals surface area (Å²) in [6.45, 7) is 6.75. The van der Waals surface area contributed by atoms with Crippen LogP contribution in [0.5, 0.6) is 11.5 Å². The third-order valence-electron chi connectivity index (χ3n) is 5.07. The quantitative estimate of drug-likeness (QED) is 0.727. The average molecular weight is 403 g/mol. The van der Waals surface area contributed by atoms with E-state index >= 15 is 0 Å². The van der Waals surface area contributed by atoms with Gasteiger partial charge in [-0.3, -0.25) is 4.79 Å². The third kappa shape index (κ3) is 4.53. The fraction of sp³-hybridized carbons (Fsp3) is 0.409. The molecule has 28 heavy (non-hydrogen) atoms. The molecule has 0 saturated carbocycles. The van der Waals surface area contributed by atoms with Gasteiger partial charge in [-0.2, -0.15) is 0 Å². The lowest BCUT2D eigenvalue weighted by molar-refractivity contribution is -0.139. The van der Waals surface area contributed by atoms with Crippen LogP contribution in [-0.2, 0) is 4.79 Å². The zero-order valence-electron chi connectivity index (χ0n) is 16.7. The van der Waals surface area contributed by atoms with Crippen molar-refractivity contribution in [2.45, 2.75) is 26.4 Å². The van der Waals surface area contributed by atoms with Crippen LogP contribution in [0, 0.1) is 6.92 Å². The van der Waals surface area contributed by atoms with Crippen LogP contribution in [0.15, 0.2) is 42.5 Å². The molecule has 0 radical (unpaired) electrons. The van der Waals surface area contributed by atoms with Gasteiger partial charge in [0.15, 0.2) is 6.10 Å². The minimum absolute atomic E-state index is 0.0368. The first-order valence-electron chi connectivity index (χ1n) is 9.63. The maximum atomic E-state index is 13.0. The molecule has 2 aromatic rings. The van der Waals surface area contributed by atoms with Crippen molar-refractivity contribution >= 4 is 23.2 Å². The predicted octanol–water partition coefficient (Wildman–Crippen LogP) is 4.16. The number of hydrogen-bond acceptors (Lipinski definition) is 4. The highest BCUT2D eigenvalue weighted by Crippen LogP contribution is 2.28. The van der Waals surface area contributed by atoms with E-state index in [9.17, 15) is 4.79 Å². The van der Waals surface area contributed by atoms with Crippen molar-refractivity contribution in [3.05, 3.63) is 53.1 Å². The Morgan fingerprint density at radius 1 is 1.14 bits per heavy atom. The molecule has 1 amide bonds. The van der Waals surface area contributed by atoms with E-state index in [1.807, 2.05) is 49.1 Å². The number of methoxy groups -OCH3 is 1. The number of anilines is 1. The van der Waals surface area contributed by atoms with Gasteiger partial charge in [-0.05, 0) is 49.2 Å². The topological polar surface area (TPSA) is 42.0 Å². The second kappa shape index (κ2) is 9.20. The van der Waals surface area contributed by atoms with E-state index in [0.717, 1.165) is 30.1 Å². The minimum Gasteiger partial charge on any atom is -0.495 e. The van der Waals surface area contributed by atoms with Gasteiger partial charge < -0.3 is 19.3 Å². The van der Waals surface area contributed by atoms with Crippen LogP contribution in [-0.4, -0.2) is 50.2 Å². The lowest BCUT2D eigenvalue weighted by Crippen LogP contribution is -2.52. The normalized spacial score (nSPS) is 15.3. The Morgan fingerprint density at radius 2 is 1.86 bits per heavy atom. The Labute approximate surface area is 171 Å². The maximum Gasteiger partial charge on any atom is 0.263 e. The van der Waals surface area contributed by atoms with E-state index in [-0.39, 0.29) is 5.91 Å².